The summed E-state index contributed by atoms with van der Waals surface area (Å²) in [5, 5.41) is 11.7. The molecule has 19 heavy (non-hydrogen) atoms. The first-order valence-electron chi connectivity index (χ1n) is 6.40. The van der Waals surface area contributed by atoms with Gasteiger partial charge in [0.25, 0.3) is 0 Å². The molecule has 0 amide bonds. The van der Waals surface area contributed by atoms with Gasteiger partial charge in [0.1, 0.15) is 0 Å². The van der Waals surface area contributed by atoms with Gasteiger partial charge < -0.3 is 15.7 Å². The van der Waals surface area contributed by atoms with Gasteiger partial charge in [0, 0.05) is 18.7 Å². The predicted octanol–water partition coefficient (Wildman–Crippen LogP) is 1.64. The van der Waals surface area contributed by atoms with Crippen LogP contribution in [0.5, 0.6) is 0 Å². The molecule has 1 rings (SSSR count). The molecule has 0 saturated heterocycles. The van der Waals surface area contributed by atoms with E-state index in [1.54, 1.807) is 0 Å². The molecule has 1 aromatic carbocycles. The minimum absolute atomic E-state index is 0.132. The molecular formula is C14H23N3O2. The van der Waals surface area contributed by atoms with Gasteiger partial charge in [-0.25, -0.2) is 0 Å². The van der Waals surface area contributed by atoms with Crippen LogP contribution in [0.2, 0.25) is 0 Å². The lowest BCUT2D eigenvalue weighted by atomic mass is 10.1. The van der Waals surface area contributed by atoms with Gasteiger partial charge in [0.2, 0.25) is 0 Å². The highest BCUT2D eigenvalue weighted by Gasteiger charge is 2.04. The maximum atomic E-state index is 8.67. The highest BCUT2D eigenvalue weighted by molar-refractivity contribution is 5.97. The average molecular weight is 265 g/mol. The van der Waals surface area contributed by atoms with E-state index in [9.17, 15) is 0 Å². The summed E-state index contributed by atoms with van der Waals surface area (Å²) in [6, 6.07) is 7.67. The number of amidine groups is 1. The summed E-state index contributed by atoms with van der Waals surface area (Å²) in [6.45, 7) is 6.44. The Labute approximate surface area is 114 Å². The summed E-state index contributed by atoms with van der Waals surface area (Å²) in [5.41, 5.74) is 7.42. The largest absolute Gasteiger partial charge is 0.409 e. The Kier molecular flexibility index (Phi) is 6.32. The maximum absolute atomic E-state index is 8.67. The lowest BCUT2D eigenvalue weighted by molar-refractivity contribution is 0.0627. The number of nitrogens with two attached hydrogens (primary N) is 1. The smallest absolute Gasteiger partial charge is 0.170 e. The molecule has 0 aliphatic carbocycles. The van der Waals surface area contributed by atoms with Crippen molar-refractivity contribution in [1.29, 1.82) is 0 Å². The fraction of sp³-hybridized carbons (Fsp3) is 0.500. The molecule has 0 aliphatic heterocycles. The minimum atomic E-state index is 0.132. The average Bonchev–Trinajstić information content (AvgIpc) is 2.37. The Balaban J connectivity index is 2.52. The van der Waals surface area contributed by atoms with Crippen molar-refractivity contribution < 1.29 is 9.94 Å². The van der Waals surface area contributed by atoms with Gasteiger partial charge in [0.15, 0.2) is 5.84 Å². The van der Waals surface area contributed by atoms with Crippen LogP contribution in [0.25, 0.3) is 0 Å². The summed E-state index contributed by atoms with van der Waals surface area (Å²) in [6.07, 6.45) is 0.261. The number of oxime groups is 1. The lowest BCUT2D eigenvalue weighted by Gasteiger charge is -2.18. The zero-order valence-corrected chi connectivity index (χ0v) is 11.8. The monoisotopic (exact) mass is 265 g/mol. The van der Waals surface area contributed by atoms with E-state index in [4.69, 9.17) is 15.7 Å². The van der Waals surface area contributed by atoms with E-state index in [0.29, 0.717) is 6.61 Å². The molecule has 0 radical (unpaired) electrons. The molecular weight excluding hydrogens is 242 g/mol. The van der Waals surface area contributed by atoms with Crippen LogP contribution in [0.3, 0.4) is 0 Å². The fourth-order valence-corrected chi connectivity index (χ4v) is 1.72. The van der Waals surface area contributed by atoms with E-state index in [1.165, 1.54) is 0 Å². The Bertz CT molecular complexity index is 419. The summed E-state index contributed by atoms with van der Waals surface area (Å²) in [7, 11) is 2.04. The molecule has 0 unspecified atom stereocenters. The first-order chi connectivity index (χ1) is 9.02. The van der Waals surface area contributed by atoms with Crippen LogP contribution in [0, 0.1) is 0 Å². The Hall–Kier alpha value is -1.59. The molecule has 106 valence electrons. The topological polar surface area (TPSA) is 71.1 Å². The molecule has 0 spiro atoms. The third-order valence-electron chi connectivity index (χ3n) is 2.71. The zero-order valence-electron chi connectivity index (χ0n) is 11.8. The van der Waals surface area contributed by atoms with Crippen molar-refractivity contribution >= 4 is 5.84 Å². The molecule has 0 saturated carbocycles. The third-order valence-corrected chi connectivity index (χ3v) is 2.71. The number of likely N-dealkylation sites (N-methyl/N-ethyl adjacent to an activating group) is 1. The highest BCUT2D eigenvalue weighted by Crippen LogP contribution is 2.07. The van der Waals surface area contributed by atoms with Gasteiger partial charge in [-0.05, 0) is 32.5 Å². The minimum Gasteiger partial charge on any atom is -0.409 e. The van der Waals surface area contributed by atoms with Crippen LogP contribution in [-0.2, 0) is 11.3 Å². The van der Waals surface area contributed by atoms with Crippen molar-refractivity contribution in [2.24, 2.45) is 10.9 Å². The molecule has 0 heterocycles. The Morgan fingerprint density at radius 3 is 2.84 bits per heavy atom. The molecule has 0 aliphatic rings. The van der Waals surface area contributed by atoms with Gasteiger partial charge in [-0.3, -0.25) is 4.90 Å². The zero-order chi connectivity index (χ0) is 14.3. The van der Waals surface area contributed by atoms with Crippen molar-refractivity contribution in [2.45, 2.75) is 26.5 Å². The van der Waals surface area contributed by atoms with Crippen LogP contribution in [0.4, 0.5) is 0 Å². The van der Waals surface area contributed by atoms with Crippen LogP contribution in [0.15, 0.2) is 29.4 Å². The predicted molar refractivity (Wildman–Crippen MR) is 76.4 cm³/mol. The molecule has 0 aromatic heterocycles. The van der Waals surface area contributed by atoms with Crippen molar-refractivity contribution in [2.75, 3.05) is 20.2 Å². The van der Waals surface area contributed by atoms with Crippen LogP contribution >= 0.6 is 0 Å². The number of hydrogen-bond acceptors (Lipinski definition) is 4. The third kappa shape index (κ3) is 5.72. The summed E-state index contributed by atoms with van der Waals surface area (Å²) in [5.74, 6) is 0.132. The quantitative estimate of drug-likeness (QED) is 0.340. The summed E-state index contributed by atoms with van der Waals surface area (Å²) in [4.78, 5) is 2.17. The number of rotatable bonds is 7. The van der Waals surface area contributed by atoms with Crippen molar-refractivity contribution in [3.05, 3.63) is 35.4 Å². The molecule has 1 aromatic rings. The molecule has 0 bridgehead atoms. The van der Waals surface area contributed by atoms with Crippen LogP contribution in [-0.4, -0.2) is 42.2 Å². The molecule has 0 fully saturated rings. The standard InChI is InChI=1S/C14H23N3O2/c1-11(2)19-8-7-17(3)10-12-5-4-6-13(9-12)14(15)16-18/h4-6,9,11,18H,7-8,10H2,1-3H3,(H2,15,16). The van der Waals surface area contributed by atoms with E-state index < -0.39 is 0 Å². The molecule has 5 nitrogen and oxygen atoms in total. The Morgan fingerprint density at radius 1 is 1.47 bits per heavy atom. The van der Waals surface area contributed by atoms with E-state index in [2.05, 4.69) is 10.1 Å². The lowest BCUT2D eigenvalue weighted by Crippen LogP contribution is -2.24. The van der Waals surface area contributed by atoms with Crippen LogP contribution < -0.4 is 5.73 Å². The summed E-state index contributed by atoms with van der Waals surface area (Å²) < 4.78 is 5.52. The number of hydrogen-bond donors (Lipinski definition) is 2. The summed E-state index contributed by atoms with van der Waals surface area (Å²) >= 11 is 0. The molecule has 5 heteroatoms. The van der Waals surface area contributed by atoms with Gasteiger partial charge in [-0.2, -0.15) is 0 Å². The van der Waals surface area contributed by atoms with Crippen molar-refractivity contribution in [3.8, 4) is 0 Å². The number of nitrogens with zero attached hydrogens (tertiary/aromatic N) is 2. The van der Waals surface area contributed by atoms with E-state index in [0.717, 1.165) is 24.2 Å². The van der Waals surface area contributed by atoms with Crippen LogP contribution in [0.1, 0.15) is 25.0 Å². The fourth-order valence-electron chi connectivity index (χ4n) is 1.72. The maximum Gasteiger partial charge on any atom is 0.170 e. The van der Waals surface area contributed by atoms with E-state index in [1.807, 2.05) is 45.2 Å². The first-order valence-corrected chi connectivity index (χ1v) is 6.40. The molecule has 0 atom stereocenters. The van der Waals surface area contributed by atoms with Gasteiger partial charge >= 0.3 is 0 Å². The SMILES string of the molecule is CC(C)OCCN(C)Cc1cccc(/C(N)=N/O)c1. The first kappa shape index (κ1) is 15.5. The number of benzene rings is 1. The van der Waals surface area contributed by atoms with E-state index >= 15 is 0 Å². The normalized spacial score (nSPS) is 12.4. The van der Waals surface area contributed by atoms with Gasteiger partial charge in [0.05, 0.1) is 12.7 Å². The second kappa shape index (κ2) is 7.76. The highest BCUT2D eigenvalue weighted by atomic mass is 16.5. The second-order valence-corrected chi connectivity index (χ2v) is 4.84. The van der Waals surface area contributed by atoms with E-state index in [-0.39, 0.29) is 11.9 Å². The Morgan fingerprint density at radius 2 is 2.21 bits per heavy atom. The van der Waals surface area contributed by atoms with Gasteiger partial charge in [-0.15, -0.1) is 0 Å². The second-order valence-electron chi connectivity index (χ2n) is 4.84. The van der Waals surface area contributed by atoms with Crippen molar-refractivity contribution in [1.82, 2.24) is 4.90 Å². The molecule has 3 N–H and O–H groups in total. The van der Waals surface area contributed by atoms with Gasteiger partial charge in [-0.1, -0.05) is 23.4 Å². The van der Waals surface area contributed by atoms with Crippen molar-refractivity contribution in [3.63, 3.8) is 0 Å². The number of ether oxygens (including phenoxy) is 1.